The molecule has 0 heterocycles. The summed E-state index contributed by atoms with van der Waals surface area (Å²) in [5, 5.41) is 11.0. The van der Waals surface area contributed by atoms with Gasteiger partial charge in [0.15, 0.2) is 0 Å². The van der Waals surface area contributed by atoms with Gasteiger partial charge in [0.1, 0.15) is 6.04 Å². The summed E-state index contributed by atoms with van der Waals surface area (Å²) in [4.78, 5) is 32.7. The van der Waals surface area contributed by atoms with E-state index < -0.39 is 23.9 Å². The first-order chi connectivity index (χ1) is 6.88. The van der Waals surface area contributed by atoms with Crippen molar-refractivity contribution >= 4 is 17.8 Å². The average molecular weight is 217 g/mol. The van der Waals surface area contributed by atoms with Crippen LogP contribution in [0.1, 0.15) is 20.3 Å². The first-order valence-electron chi connectivity index (χ1n) is 4.48. The topological polar surface area (TPSA) is 92.7 Å². The third-order valence-electron chi connectivity index (χ3n) is 1.74. The summed E-state index contributed by atoms with van der Waals surface area (Å²) in [6, 6.07) is -1.23. The summed E-state index contributed by atoms with van der Waals surface area (Å²) in [6.45, 7) is 3.26. The number of nitrogens with one attached hydrogen (secondary N) is 1. The van der Waals surface area contributed by atoms with Crippen molar-refractivity contribution in [3.05, 3.63) is 0 Å². The van der Waals surface area contributed by atoms with Crippen LogP contribution in [0.4, 0.5) is 0 Å². The number of carbonyl (C=O) groups excluding carboxylic acids is 2. The van der Waals surface area contributed by atoms with Crippen molar-refractivity contribution in [2.24, 2.45) is 5.92 Å². The molecule has 0 aliphatic carbocycles. The summed E-state index contributed by atoms with van der Waals surface area (Å²) in [6.07, 6.45) is -0.371. The van der Waals surface area contributed by atoms with Gasteiger partial charge >= 0.3 is 11.9 Å². The number of rotatable bonds is 5. The number of esters is 1. The number of hydrogen-bond acceptors (Lipinski definition) is 4. The molecule has 15 heavy (non-hydrogen) atoms. The third kappa shape index (κ3) is 4.99. The van der Waals surface area contributed by atoms with Gasteiger partial charge in [0.25, 0.3) is 0 Å². The molecule has 1 amide bonds. The number of hydrogen-bond donors (Lipinski definition) is 2. The van der Waals surface area contributed by atoms with E-state index in [-0.39, 0.29) is 12.3 Å². The van der Waals surface area contributed by atoms with Crippen molar-refractivity contribution in [2.45, 2.75) is 26.3 Å². The molecule has 0 saturated heterocycles. The van der Waals surface area contributed by atoms with E-state index in [1.165, 1.54) is 0 Å². The summed E-state index contributed by atoms with van der Waals surface area (Å²) >= 11 is 0. The maximum Gasteiger partial charge on any atom is 0.326 e. The molecule has 0 fully saturated rings. The Bertz CT molecular complexity index is 261. The SMILES string of the molecule is COC(=O)CC(NC(=O)C(C)C)C(=O)O. The van der Waals surface area contributed by atoms with Crippen LogP contribution >= 0.6 is 0 Å². The van der Waals surface area contributed by atoms with Crippen molar-refractivity contribution in [1.82, 2.24) is 5.32 Å². The summed E-state index contributed by atoms with van der Waals surface area (Å²) in [5.74, 6) is -2.67. The predicted octanol–water partition coefficient (Wildman–Crippen LogP) is -0.225. The minimum absolute atomic E-state index is 0.329. The predicted molar refractivity (Wildman–Crippen MR) is 51.0 cm³/mol. The Morgan fingerprint density at radius 3 is 2.20 bits per heavy atom. The summed E-state index contributed by atoms with van der Waals surface area (Å²) < 4.78 is 4.32. The van der Waals surface area contributed by atoms with Gasteiger partial charge in [-0.2, -0.15) is 0 Å². The molecule has 0 aromatic heterocycles. The first-order valence-corrected chi connectivity index (χ1v) is 4.48. The van der Waals surface area contributed by atoms with Crippen LogP contribution in [0.25, 0.3) is 0 Å². The van der Waals surface area contributed by atoms with Crippen molar-refractivity contribution < 1.29 is 24.2 Å². The molecule has 2 N–H and O–H groups in total. The molecule has 0 aliphatic heterocycles. The average Bonchev–Trinajstić information content (AvgIpc) is 2.15. The van der Waals surface area contributed by atoms with E-state index in [1.54, 1.807) is 13.8 Å². The highest BCUT2D eigenvalue weighted by Crippen LogP contribution is 1.98. The van der Waals surface area contributed by atoms with Gasteiger partial charge < -0.3 is 15.2 Å². The lowest BCUT2D eigenvalue weighted by Gasteiger charge is -2.14. The molecule has 0 rings (SSSR count). The van der Waals surface area contributed by atoms with E-state index in [4.69, 9.17) is 5.11 Å². The Hall–Kier alpha value is -1.59. The Labute approximate surface area is 87.6 Å². The van der Waals surface area contributed by atoms with E-state index in [9.17, 15) is 14.4 Å². The maximum absolute atomic E-state index is 11.2. The van der Waals surface area contributed by atoms with Crippen LogP contribution in [-0.2, 0) is 19.1 Å². The highest BCUT2D eigenvalue weighted by Gasteiger charge is 2.24. The van der Waals surface area contributed by atoms with Crippen LogP contribution in [0.15, 0.2) is 0 Å². The maximum atomic E-state index is 11.2. The van der Waals surface area contributed by atoms with Gasteiger partial charge in [-0.25, -0.2) is 4.79 Å². The van der Waals surface area contributed by atoms with Crippen LogP contribution in [-0.4, -0.2) is 36.1 Å². The van der Waals surface area contributed by atoms with Gasteiger partial charge in [0, 0.05) is 5.92 Å². The smallest absolute Gasteiger partial charge is 0.326 e. The van der Waals surface area contributed by atoms with Crippen LogP contribution in [0.2, 0.25) is 0 Å². The van der Waals surface area contributed by atoms with Gasteiger partial charge in [0.2, 0.25) is 5.91 Å². The van der Waals surface area contributed by atoms with Gasteiger partial charge in [0.05, 0.1) is 13.5 Å². The van der Waals surface area contributed by atoms with Gasteiger partial charge in [-0.05, 0) is 0 Å². The van der Waals surface area contributed by atoms with E-state index in [0.29, 0.717) is 0 Å². The molecular formula is C9H15NO5. The fourth-order valence-electron chi connectivity index (χ4n) is 0.788. The van der Waals surface area contributed by atoms with Gasteiger partial charge in [-0.15, -0.1) is 0 Å². The zero-order valence-corrected chi connectivity index (χ0v) is 8.94. The molecule has 0 spiro atoms. The van der Waals surface area contributed by atoms with Crippen LogP contribution in [0.5, 0.6) is 0 Å². The normalized spacial score (nSPS) is 12.0. The van der Waals surface area contributed by atoms with Gasteiger partial charge in [-0.1, -0.05) is 13.8 Å². The number of carboxylic acids is 1. The molecule has 0 aliphatic rings. The molecular weight excluding hydrogens is 202 g/mol. The second-order valence-corrected chi connectivity index (χ2v) is 3.33. The van der Waals surface area contributed by atoms with Crippen LogP contribution in [0.3, 0.4) is 0 Å². The minimum atomic E-state index is -1.26. The number of carbonyl (C=O) groups is 3. The molecule has 6 heteroatoms. The zero-order chi connectivity index (χ0) is 12.0. The lowest BCUT2D eigenvalue weighted by atomic mass is 10.1. The highest BCUT2D eigenvalue weighted by atomic mass is 16.5. The molecule has 1 atom stereocenters. The molecule has 0 saturated carbocycles. The highest BCUT2D eigenvalue weighted by molar-refractivity contribution is 5.87. The van der Waals surface area contributed by atoms with Crippen molar-refractivity contribution in [1.29, 1.82) is 0 Å². The van der Waals surface area contributed by atoms with Crippen molar-refractivity contribution in [3.63, 3.8) is 0 Å². The summed E-state index contributed by atoms with van der Waals surface area (Å²) in [5.41, 5.74) is 0. The fraction of sp³-hybridized carbons (Fsp3) is 0.667. The minimum Gasteiger partial charge on any atom is -0.480 e. The van der Waals surface area contributed by atoms with Crippen LogP contribution < -0.4 is 5.32 Å². The second kappa shape index (κ2) is 6.00. The fourth-order valence-corrected chi connectivity index (χ4v) is 0.788. The number of methoxy groups -OCH3 is 1. The number of carboxylic acid groups (broad SMARTS) is 1. The van der Waals surface area contributed by atoms with Gasteiger partial charge in [-0.3, -0.25) is 9.59 Å². The molecule has 0 bridgehead atoms. The van der Waals surface area contributed by atoms with Crippen molar-refractivity contribution in [3.8, 4) is 0 Å². The number of amides is 1. The third-order valence-corrected chi connectivity index (χ3v) is 1.74. The van der Waals surface area contributed by atoms with E-state index in [1.807, 2.05) is 0 Å². The molecule has 0 aromatic rings. The monoisotopic (exact) mass is 217 g/mol. The Kier molecular flexibility index (Phi) is 5.36. The van der Waals surface area contributed by atoms with E-state index >= 15 is 0 Å². The Morgan fingerprint density at radius 1 is 1.33 bits per heavy atom. The lowest BCUT2D eigenvalue weighted by molar-refractivity contribution is -0.149. The zero-order valence-electron chi connectivity index (χ0n) is 8.94. The Morgan fingerprint density at radius 2 is 1.87 bits per heavy atom. The number of aliphatic carboxylic acids is 1. The van der Waals surface area contributed by atoms with E-state index in [2.05, 4.69) is 10.1 Å². The van der Waals surface area contributed by atoms with Crippen molar-refractivity contribution in [2.75, 3.05) is 7.11 Å². The van der Waals surface area contributed by atoms with E-state index in [0.717, 1.165) is 7.11 Å². The molecule has 6 nitrogen and oxygen atoms in total. The summed E-state index contributed by atoms with van der Waals surface area (Å²) in [7, 11) is 1.16. The standard InChI is InChI=1S/C9H15NO5/c1-5(2)8(12)10-6(9(13)14)4-7(11)15-3/h5-6H,4H2,1-3H3,(H,10,12)(H,13,14). The first kappa shape index (κ1) is 13.4. The largest absolute Gasteiger partial charge is 0.480 e. The Balaban J connectivity index is 4.35. The quantitative estimate of drug-likeness (QED) is 0.621. The lowest BCUT2D eigenvalue weighted by Crippen LogP contribution is -2.44. The number of ether oxygens (including phenoxy) is 1. The second-order valence-electron chi connectivity index (χ2n) is 3.33. The molecule has 0 radical (unpaired) electrons. The molecule has 0 aromatic carbocycles. The molecule has 86 valence electrons. The van der Waals surface area contributed by atoms with Crippen LogP contribution in [0, 0.1) is 5.92 Å². The molecule has 1 unspecified atom stereocenters.